The minimum absolute atomic E-state index is 0.0129. The van der Waals surface area contributed by atoms with Crippen molar-refractivity contribution in [1.29, 1.82) is 0 Å². The molecule has 29 heavy (non-hydrogen) atoms. The van der Waals surface area contributed by atoms with Crippen molar-refractivity contribution < 1.29 is 14.3 Å². The maximum Gasteiger partial charge on any atom is 0.261 e. The second-order valence-corrected chi connectivity index (χ2v) is 7.75. The maximum atomic E-state index is 13.2. The molecule has 0 atom stereocenters. The molecule has 0 radical (unpaired) electrons. The molecular formula is C24H28N2O3. The summed E-state index contributed by atoms with van der Waals surface area (Å²) in [6, 6.07) is 13.9. The quantitative estimate of drug-likeness (QED) is 0.691. The van der Waals surface area contributed by atoms with Crippen LogP contribution in [-0.4, -0.2) is 43.1 Å². The van der Waals surface area contributed by atoms with E-state index in [9.17, 15) is 4.79 Å². The number of carbonyl (C=O) groups is 1. The van der Waals surface area contributed by atoms with E-state index in [0.717, 1.165) is 32.4 Å². The Morgan fingerprint density at radius 3 is 2.34 bits per heavy atom. The van der Waals surface area contributed by atoms with Crippen molar-refractivity contribution in [2.75, 3.05) is 27.3 Å². The van der Waals surface area contributed by atoms with E-state index in [1.54, 1.807) is 14.2 Å². The van der Waals surface area contributed by atoms with E-state index in [4.69, 9.17) is 9.47 Å². The number of nitrogens with one attached hydrogen (secondary N) is 1. The average Bonchev–Trinajstić information content (AvgIpc) is 3.08. The summed E-state index contributed by atoms with van der Waals surface area (Å²) >= 11 is 0. The van der Waals surface area contributed by atoms with Crippen LogP contribution in [-0.2, 0) is 6.42 Å². The number of likely N-dealkylation sites (tertiary alicyclic amines) is 1. The van der Waals surface area contributed by atoms with Gasteiger partial charge < -0.3 is 19.4 Å². The van der Waals surface area contributed by atoms with Gasteiger partial charge in [0.25, 0.3) is 5.91 Å². The Kier molecular flexibility index (Phi) is 5.47. The number of aromatic nitrogens is 1. The van der Waals surface area contributed by atoms with Crippen molar-refractivity contribution in [2.45, 2.75) is 26.2 Å². The fourth-order valence-corrected chi connectivity index (χ4v) is 4.45. The molecule has 4 rings (SSSR count). The molecule has 1 aliphatic heterocycles. The Bertz CT molecular complexity index is 994. The molecule has 5 nitrogen and oxygen atoms in total. The van der Waals surface area contributed by atoms with Crippen molar-refractivity contribution in [1.82, 2.24) is 9.88 Å². The largest absolute Gasteiger partial charge is 0.496 e. The summed E-state index contributed by atoms with van der Waals surface area (Å²) in [5, 5.41) is 1.32. The van der Waals surface area contributed by atoms with Gasteiger partial charge in [-0.3, -0.25) is 4.79 Å². The minimum Gasteiger partial charge on any atom is -0.496 e. The SMILES string of the molecule is COc1cccc(OC)c1C(=O)N1CCC(Cc2c(C)[nH]c3ccccc23)CC1. The summed E-state index contributed by atoms with van der Waals surface area (Å²) in [5.41, 5.74) is 4.39. The lowest BCUT2D eigenvalue weighted by Gasteiger charge is -2.32. The summed E-state index contributed by atoms with van der Waals surface area (Å²) in [5.74, 6) is 1.69. The Labute approximate surface area is 171 Å². The number of amides is 1. The molecule has 0 bridgehead atoms. The predicted octanol–water partition coefficient (Wildman–Crippen LogP) is 4.59. The molecule has 2 heterocycles. The standard InChI is InChI=1S/C24H28N2O3/c1-16-19(18-7-4-5-8-20(18)25-16)15-17-11-13-26(14-12-17)24(27)23-21(28-2)9-6-10-22(23)29-3/h4-10,17,25H,11-15H2,1-3H3. The molecule has 1 N–H and O–H groups in total. The van der Waals surface area contributed by atoms with Crippen LogP contribution >= 0.6 is 0 Å². The first-order valence-electron chi connectivity index (χ1n) is 10.2. The zero-order chi connectivity index (χ0) is 20.4. The van der Waals surface area contributed by atoms with Gasteiger partial charge in [0, 0.05) is 29.7 Å². The van der Waals surface area contributed by atoms with Gasteiger partial charge in [-0.05, 0) is 55.9 Å². The van der Waals surface area contributed by atoms with Gasteiger partial charge in [0.2, 0.25) is 0 Å². The molecule has 5 heteroatoms. The lowest BCUT2D eigenvalue weighted by molar-refractivity contribution is 0.0683. The van der Waals surface area contributed by atoms with Gasteiger partial charge in [-0.15, -0.1) is 0 Å². The van der Waals surface area contributed by atoms with E-state index < -0.39 is 0 Å². The van der Waals surface area contributed by atoms with Crippen LogP contribution < -0.4 is 9.47 Å². The van der Waals surface area contributed by atoms with Crippen LogP contribution in [0, 0.1) is 12.8 Å². The molecule has 1 saturated heterocycles. The number of fused-ring (bicyclic) bond motifs is 1. The molecule has 0 unspecified atom stereocenters. The summed E-state index contributed by atoms with van der Waals surface area (Å²) in [4.78, 5) is 18.6. The van der Waals surface area contributed by atoms with E-state index in [2.05, 4.69) is 36.2 Å². The summed E-state index contributed by atoms with van der Waals surface area (Å²) < 4.78 is 10.8. The molecular weight excluding hydrogens is 364 g/mol. The molecule has 1 aromatic heterocycles. The zero-order valence-electron chi connectivity index (χ0n) is 17.3. The van der Waals surface area contributed by atoms with Gasteiger partial charge in [0.15, 0.2) is 0 Å². The van der Waals surface area contributed by atoms with Gasteiger partial charge in [0.05, 0.1) is 14.2 Å². The second kappa shape index (κ2) is 8.19. The molecule has 152 valence electrons. The van der Waals surface area contributed by atoms with Gasteiger partial charge in [-0.2, -0.15) is 0 Å². The third-order valence-electron chi connectivity index (χ3n) is 6.06. The van der Waals surface area contributed by atoms with Crippen LogP contribution in [0.1, 0.15) is 34.5 Å². The molecule has 2 aromatic carbocycles. The first kappa shape index (κ1) is 19.4. The summed E-state index contributed by atoms with van der Waals surface area (Å²) in [6.07, 6.45) is 3.06. The Morgan fingerprint density at radius 2 is 1.69 bits per heavy atom. The van der Waals surface area contributed by atoms with E-state index in [1.807, 2.05) is 23.1 Å². The Hall–Kier alpha value is -2.95. The normalized spacial score (nSPS) is 14.9. The van der Waals surface area contributed by atoms with Crippen LogP contribution in [0.3, 0.4) is 0 Å². The highest BCUT2D eigenvalue weighted by Crippen LogP contribution is 2.32. The highest BCUT2D eigenvalue weighted by atomic mass is 16.5. The number of ether oxygens (including phenoxy) is 2. The van der Waals surface area contributed by atoms with Crippen molar-refractivity contribution in [3.8, 4) is 11.5 Å². The van der Waals surface area contributed by atoms with Crippen LogP contribution in [0.5, 0.6) is 11.5 Å². The highest BCUT2D eigenvalue weighted by molar-refractivity contribution is 5.99. The van der Waals surface area contributed by atoms with Crippen molar-refractivity contribution in [3.05, 3.63) is 59.3 Å². The van der Waals surface area contributed by atoms with E-state index in [1.165, 1.54) is 22.2 Å². The third-order valence-corrected chi connectivity index (χ3v) is 6.06. The smallest absolute Gasteiger partial charge is 0.261 e. The van der Waals surface area contributed by atoms with E-state index >= 15 is 0 Å². The lowest BCUT2D eigenvalue weighted by Crippen LogP contribution is -2.39. The summed E-state index contributed by atoms with van der Waals surface area (Å²) in [6.45, 7) is 3.67. The number of rotatable bonds is 5. The van der Waals surface area contributed by atoms with Gasteiger partial charge in [0.1, 0.15) is 17.1 Å². The monoisotopic (exact) mass is 392 g/mol. The number of benzene rings is 2. The number of methoxy groups -OCH3 is 2. The molecule has 0 saturated carbocycles. The fraction of sp³-hybridized carbons (Fsp3) is 0.375. The van der Waals surface area contributed by atoms with Crippen LogP contribution in [0.15, 0.2) is 42.5 Å². The summed E-state index contributed by atoms with van der Waals surface area (Å²) in [7, 11) is 3.17. The van der Waals surface area contributed by atoms with E-state index in [0.29, 0.717) is 23.0 Å². The van der Waals surface area contributed by atoms with Gasteiger partial charge >= 0.3 is 0 Å². The molecule has 1 aliphatic rings. The van der Waals surface area contributed by atoms with Gasteiger partial charge in [-0.25, -0.2) is 0 Å². The minimum atomic E-state index is -0.0129. The van der Waals surface area contributed by atoms with Crippen molar-refractivity contribution in [3.63, 3.8) is 0 Å². The Balaban J connectivity index is 1.46. The fourth-order valence-electron chi connectivity index (χ4n) is 4.45. The topological polar surface area (TPSA) is 54.6 Å². The van der Waals surface area contributed by atoms with Crippen LogP contribution in [0.25, 0.3) is 10.9 Å². The van der Waals surface area contributed by atoms with Crippen LogP contribution in [0.2, 0.25) is 0 Å². The Morgan fingerprint density at radius 1 is 1.03 bits per heavy atom. The van der Waals surface area contributed by atoms with Crippen molar-refractivity contribution in [2.24, 2.45) is 5.92 Å². The number of para-hydroxylation sites is 1. The number of aryl methyl sites for hydroxylation is 1. The average molecular weight is 392 g/mol. The van der Waals surface area contributed by atoms with E-state index in [-0.39, 0.29) is 5.91 Å². The molecule has 1 fully saturated rings. The highest BCUT2D eigenvalue weighted by Gasteiger charge is 2.28. The third kappa shape index (κ3) is 3.69. The first-order chi connectivity index (χ1) is 14.1. The number of piperidine rings is 1. The second-order valence-electron chi connectivity index (χ2n) is 7.75. The number of nitrogens with zero attached hydrogens (tertiary/aromatic N) is 1. The van der Waals surface area contributed by atoms with Crippen LogP contribution in [0.4, 0.5) is 0 Å². The number of hydrogen-bond donors (Lipinski definition) is 1. The first-order valence-corrected chi connectivity index (χ1v) is 10.2. The molecule has 1 amide bonds. The maximum absolute atomic E-state index is 13.2. The molecule has 3 aromatic rings. The number of H-pyrrole nitrogens is 1. The molecule has 0 spiro atoms. The number of carbonyl (C=O) groups excluding carboxylic acids is 1. The number of aromatic amines is 1. The number of hydrogen-bond acceptors (Lipinski definition) is 3. The van der Waals surface area contributed by atoms with Gasteiger partial charge in [-0.1, -0.05) is 24.3 Å². The predicted molar refractivity (Wildman–Crippen MR) is 115 cm³/mol. The van der Waals surface area contributed by atoms with Crippen molar-refractivity contribution >= 4 is 16.8 Å². The molecule has 0 aliphatic carbocycles. The lowest BCUT2D eigenvalue weighted by atomic mass is 9.89. The zero-order valence-corrected chi connectivity index (χ0v) is 17.3.